The van der Waals surface area contributed by atoms with Crippen molar-refractivity contribution in [2.24, 2.45) is 0 Å². The minimum absolute atomic E-state index is 0.132. The van der Waals surface area contributed by atoms with E-state index in [4.69, 9.17) is 5.73 Å². The topological polar surface area (TPSA) is 55.0 Å². The van der Waals surface area contributed by atoms with Gasteiger partial charge >= 0.3 is 0 Å². The molecule has 3 aromatic carbocycles. The second-order valence-electron chi connectivity index (χ2n) is 8.08. The first-order valence-corrected chi connectivity index (χ1v) is 10.2. The van der Waals surface area contributed by atoms with Crippen LogP contribution in [0.2, 0.25) is 0 Å². The first kappa shape index (κ1) is 19.4. The molecule has 4 nitrogen and oxygen atoms in total. The molecule has 29 heavy (non-hydrogen) atoms. The maximum atomic E-state index is 5.98. The Labute approximate surface area is 179 Å². The van der Waals surface area contributed by atoms with Crippen molar-refractivity contribution in [1.29, 1.82) is 0 Å². The Balaban J connectivity index is 1.82. The van der Waals surface area contributed by atoms with Crippen LogP contribution in [0, 0.1) is 0 Å². The number of para-hydroxylation sites is 1. The number of hydrogen-bond donors (Lipinski definition) is 1. The van der Waals surface area contributed by atoms with E-state index in [1.165, 1.54) is 5.56 Å². The summed E-state index contributed by atoms with van der Waals surface area (Å²) < 4.78 is 1.86. The third-order valence-corrected chi connectivity index (χ3v) is 5.69. The first-order chi connectivity index (χ1) is 13.8. The molecule has 5 heteroatoms. The molecule has 4 rings (SSSR count). The summed E-state index contributed by atoms with van der Waals surface area (Å²) in [6.45, 7) is 6.67. The lowest BCUT2D eigenvalue weighted by atomic mass is 9.86. The number of hydrogen-bond acceptors (Lipinski definition) is 4. The highest BCUT2D eigenvalue weighted by molar-refractivity contribution is 9.10. The Hall–Kier alpha value is -2.92. The fourth-order valence-corrected chi connectivity index (χ4v) is 3.81. The van der Waals surface area contributed by atoms with Gasteiger partial charge in [0.25, 0.3) is 0 Å². The second kappa shape index (κ2) is 7.48. The van der Waals surface area contributed by atoms with Crippen molar-refractivity contribution in [1.82, 2.24) is 9.97 Å². The normalized spacial score (nSPS) is 11.6. The Morgan fingerprint density at radius 2 is 1.48 bits per heavy atom. The van der Waals surface area contributed by atoms with Crippen LogP contribution in [0.1, 0.15) is 26.3 Å². The molecule has 0 unspecified atom stereocenters. The van der Waals surface area contributed by atoms with Crippen molar-refractivity contribution in [3.05, 3.63) is 78.4 Å². The highest BCUT2D eigenvalue weighted by Crippen LogP contribution is 2.35. The largest absolute Gasteiger partial charge is 0.368 e. The third kappa shape index (κ3) is 3.96. The number of fused-ring (bicyclic) bond motifs is 1. The minimum Gasteiger partial charge on any atom is -0.368 e. The lowest BCUT2D eigenvalue weighted by Crippen LogP contribution is -2.10. The molecular weight excluding hydrogens is 424 g/mol. The Morgan fingerprint density at radius 1 is 0.828 bits per heavy atom. The van der Waals surface area contributed by atoms with Gasteiger partial charge in [0.2, 0.25) is 5.95 Å². The lowest BCUT2D eigenvalue weighted by Gasteiger charge is -2.19. The second-order valence-corrected chi connectivity index (χ2v) is 8.79. The van der Waals surface area contributed by atoms with E-state index in [-0.39, 0.29) is 11.4 Å². The zero-order chi connectivity index (χ0) is 20.6. The van der Waals surface area contributed by atoms with Crippen LogP contribution in [0.5, 0.6) is 0 Å². The summed E-state index contributed by atoms with van der Waals surface area (Å²) in [6, 6.07) is 24.9. The van der Waals surface area contributed by atoms with E-state index in [0.717, 1.165) is 27.7 Å². The van der Waals surface area contributed by atoms with E-state index in [9.17, 15) is 0 Å². The van der Waals surface area contributed by atoms with Crippen LogP contribution in [-0.2, 0) is 5.41 Å². The summed E-state index contributed by atoms with van der Waals surface area (Å²) in [6.07, 6.45) is 0. The molecule has 1 heterocycles. The minimum atomic E-state index is 0.132. The Morgan fingerprint density at radius 3 is 2.14 bits per heavy atom. The molecule has 0 saturated heterocycles. The van der Waals surface area contributed by atoms with Gasteiger partial charge in [-0.05, 0) is 46.4 Å². The number of aromatic nitrogens is 2. The molecule has 0 aliphatic rings. The number of halogens is 1. The van der Waals surface area contributed by atoms with Gasteiger partial charge in [-0.2, -0.15) is 4.98 Å². The molecule has 0 spiro atoms. The molecule has 0 atom stereocenters. The highest BCUT2D eigenvalue weighted by atomic mass is 79.9. The number of benzene rings is 3. The van der Waals surface area contributed by atoms with Crippen LogP contribution >= 0.6 is 16.1 Å². The molecule has 0 fully saturated rings. The van der Waals surface area contributed by atoms with E-state index in [0.29, 0.717) is 5.82 Å². The fraction of sp³-hybridized carbons (Fsp3) is 0.167. The van der Waals surface area contributed by atoms with Gasteiger partial charge in [0.05, 0.1) is 27.4 Å². The van der Waals surface area contributed by atoms with Gasteiger partial charge in [-0.25, -0.2) is 4.98 Å². The van der Waals surface area contributed by atoms with Crippen LogP contribution in [0.4, 0.5) is 17.5 Å². The number of nitrogen functional groups attached to an aromatic ring is 1. The van der Waals surface area contributed by atoms with Gasteiger partial charge in [-0.15, -0.1) is 0 Å². The zero-order valence-corrected chi connectivity index (χ0v) is 18.3. The summed E-state index contributed by atoms with van der Waals surface area (Å²) >= 11 is 3.65. The van der Waals surface area contributed by atoms with Crippen LogP contribution in [0.3, 0.4) is 0 Å². The average molecular weight is 447 g/mol. The zero-order valence-electron chi connectivity index (χ0n) is 16.7. The number of nitrogens with two attached hydrogens (primary N) is 1. The van der Waals surface area contributed by atoms with E-state index < -0.39 is 0 Å². The Bertz CT molecular complexity index is 1150. The predicted octanol–water partition coefficient (Wildman–Crippen LogP) is 6.62. The summed E-state index contributed by atoms with van der Waals surface area (Å²) in [4.78, 5) is 8.92. The van der Waals surface area contributed by atoms with E-state index in [1.807, 2.05) is 40.3 Å². The van der Waals surface area contributed by atoms with Crippen molar-refractivity contribution in [2.75, 3.05) is 9.66 Å². The van der Waals surface area contributed by atoms with Gasteiger partial charge < -0.3 is 5.73 Å². The molecule has 0 bridgehead atoms. The number of nitrogens with zero attached hydrogens (tertiary/aromatic N) is 3. The highest BCUT2D eigenvalue weighted by Gasteiger charge is 2.16. The maximum Gasteiger partial charge on any atom is 0.222 e. The third-order valence-electron chi connectivity index (χ3n) is 4.95. The number of anilines is 3. The quantitative estimate of drug-likeness (QED) is 0.359. The first-order valence-electron chi connectivity index (χ1n) is 9.52. The molecule has 146 valence electrons. The van der Waals surface area contributed by atoms with E-state index >= 15 is 0 Å². The summed E-state index contributed by atoms with van der Waals surface area (Å²) in [5.41, 5.74) is 11.5. The van der Waals surface area contributed by atoms with Crippen LogP contribution < -0.4 is 9.66 Å². The summed E-state index contributed by atoms with van der Waals surface area (Å²) in [5.74, 6) is 0.960. The summed E-state index contributed by atoms with van der Waals surface area (Å²) in [5, 5.41) is 0.928. The van der Waals surface area contributed by atoms with Gasteiger partial charge in [-0.3, -0.25) is 3.93 Å². The molecular formula is C24H23BrN4. The fourth-order valence-electron chi connectivity index (χ4n) is 3.30. The average Bonchev–Trinajstić information content (AvgIpc) is 2.72. The number of rotatable bonds is 3. The molecule has 4 aromatic rings. The molecule has 1 aromatic heterocycles. The molecule has 0 radical (unpaired) electrons. The smallest absolute Gasteiger partial charge is 0.222 e. The standard InChI is InChI=1S/C24H23BrN4/c1-24(2,3)18-12-9-16(10-13-18)17-11-14-21-20(15-17)22(28-23(26)27-21)29(25)19-7-5-4-6-8-19/h4-15H,1-3H3,(H2,26,27,28). The van der Waals surface area contributed by atoms with Gasteiger partial charge in [-0.1, -0.05) is 69.3 Å². The lowest BCUT2D eigenvalue weighted by molar-refractivity contribution is 0.590. The van der Waals surface area contributed by atoms with Crippen molar-refractivity contribution < 1.29 is 0 Å². The SMILES string of the molecule is CC(C)(C)c1ccc(-c2ccc3nc(N)nc(N(Br)c4ccccc4)c3c2)cc1. The van der Waals surface area contributed by atoms with E-state index in [1.54, 1.807) is 0 Å². The van der Waals surface area contributed by atoms with Gasteiger partial charge in [0, 0.05) is 5.39 Å². The molecule has 0 aliphatic carbocycles. The van der Waals surface area contributed by atoms with Crippen molar-refractivity contribution >= 4 is 44.5 Å². The van der Waals surface area contributed by atoms with E-state index in [2.05, 4.69) is 83.3 Å². The molecule has 2 N–H and O–H groups in total. The van der Waals surface area contributed by atoms with Crippen LogP contribution in [0.25, 0.3) is 22.0 Å². The monoisotopic (exact) mass is 446 g/mol. The van der Waals surface area contributed by atoms with Crippen molar-refractivity contribution in [2.45, 2.75) is 26.2 Å². The molecule has 0 saturated carbocycles. The molecule has 0 aliphatic heterocycles. The van der Waals surface area contributed by atoms with Gasteiger partial charge in [0.1, 0.15) is 0 Å². The van der Waals surface area contributed by atoms with Crippen LogP contribution in [0.15, 0.2) is 72.8 Å². The summed E-state index contributed by atoms with van der Waals surface area (Å²) in [7, 11) is 0. The van der Waals surface area contributed by atoms with Gasteiger partial charge in [0.15, 0.2) is 5.82 Å². The van der Waals surface area contributed by atoms with Crippen molar-refractivity contribution in [3.63, 3.8) is 0 Å². The maximum absolute atomic E-state index is 5.98. The van der Waals surface area contributed by atoms with Crippen LogP contribution in [-0.4, -0.2) is 9.97 Å². The molecule has 0 amide bonds. The van der Waals surface area contributed by atoms with Crippen molar-refractivity contribution in [3.8, 4) is 11.1 Å². The predicted molar refractivity (Wildman–Crippen MR) is 126 cm³/mol. The Kier molecular flexibility index (Phi) is 5.01.